The zero-order valence-corrected chi connectivity index (χ0v) is 17.7. The maximum atomic E-state index is 13.2. The molecule has 0 aliphatic carbocycles. The zero-order valence-electron chi connectivity index (χ0n) is 15.3. The third kappa shape index (κ3) is 4.42. The highest BCUT2D eigenvalue weighted by atomic mass is 79.9. The predicted octanol–water partition coefficient (Wildman–Crippen LogP) is 2.97. The standard InChI is InChI=1S/C22H14ClF3N2O.BrH/c23-17-10-8-14(9-11-17)21(29)27-20-19-7-2-1-4-15(19)13-28(20)18-6-3-5-16(12-18)22(24,25)26;/h1-12H,13H2;1H/p-1. The van der Waals surface area contributed by atoms with Crippen LogP contribution in [0.4, 0.5) is 18.9 Å². The Morgan fingerprint density at radius 1 is 0.967 bits per heavy atom. The molecule has 0 bridgehead atoms. The number of aliphatic imine (C=N–C) groups is 1. The summed E-state index contributed by atoms with van der Waals surface area (Å²) in [5.41, 5.74) is 1.50. The molecule has 0 fully saturated rings. The third-order valence-electron chi connectivity index (χ3n) is 4.63. The number of halogens is 5. The van der Waals surface area contributed by atoms with Crippen molar-refractivity contribution in [2.45, 2.75) is 12.7 Å². The van der Waals surface area contributed by atoms with E-state index >= 15 is 0 Å². The van der Waals surface area contributed by atoms with Gasteiger partial charge < -0.3 is 21.9 Å². The molecule has 0 N–H and O–H groups in total. The average Bonchev–Trinajstić information content (AvgIpc) is 3.06. The molecule has 0 saturated carbocycles. The highest BCUT2D eigenvalue weighted by Gasteiger charge is 2.33. The molecule has 0 atom stereocenters. The van der Waals surface area contributed by atoms with Gasteiger partial charge >= 0.3 is 6.18 Å². The molecule has 0 radical (unpaired) electrons. The maximum absolute atomic E-state index is 13.2. The van der Waals surface area contributed by atoms with Crippen LogP contribution in [0.15, 0.2) is 77.8 Å². The van der Waals surface area contributed by atoms with Crippen LogP contribution in [0.3, 0.4) is 0 Å². The number of amides is 1. The van der Waals surface area contributed by atoms with Crippen molar-refractivity contribution in [2.75, 3.05) is 4.90 Å². The van der Waals surface area contributed by atoms with E-state index in [0.29, 0.717) is 34.2 Å². The number of amidine groups is 1. The summed E-state index contributed by atoms with van der Waals surface area (Å²) in [4.78, 5) is 18.6. The molecule has 4 rings (SSSR count). The van der Waals surface area contributed by atoms with Gasteiger partial charge in [0.05, 0.1) is 12.1 Å². The van der Waals surface area contributed by atoms with E-state index in [-0.39, 0.29) is 17.0 Å². The predicted molar refractivity (Wildman–Crippen MR) is 106 cm³/mol. The molecule has 8 heteroatoms. The van der Waals surface area contributed by atoms with Gasteiger partial charge in [-0.05, 0) is 48.0 Å². The second kappa shape index (κ2) is 8.62. The minimum absolute atomic E-state index is 0. The van der Waals surface area contributed by atoms with Gasteiger partial charge in [-0.2, -0.15) is 18.2 Å². The molecule has 1 aliphatic rings. The van der Waals surface area contributed by atoms with E-state index in [1.54, 1.807) is 47.4 Å². The van der Waals surface area contributed by atoms with Gasteiger partial charge in [-0.1, -0.05) is 41.9 Å². The number of rotatable bonds is 2. The lowest BCUT2D eigenvalue weighted by molar-refractivity contribution is -0.137. The smallest absolute Gasteiger partial charge is 0.416 e. The summed E-state index contributed by atoms with van der Waals surface area (Å²) in [5.74, 6) is -0.176. The van der Waals surface area contributed by atoms with E-state index in [1.165, 1.54) is 6.07 Å². The Hall–Kier alpha value is -2.64. The quantitative estimate of drug-likeness (QED) is 0.549. The Labute approximate surface area is 186 Å². The Balaban J connectivity index is 0.00000256. The summed E-state index contributed by atoms with van der Waals surface area (Å²) in [6.07, 6.45) is -4.46. The lowest BCUT2D eigenvalue weighted by Gasteiger charge is -2.20. The molecule has 3 aromatic carbocycles. The topological polar surface area (TPSA) is 32.7 Å². The first kappa shape index (κ1) is 22.1. The summed E-state index contributed by atoms with van der Waals surface area (Å²) in [6.45, 7) is 0.324. The van der Waals surface area contributed by atoms with Gasteiger partial charge in [-0.3, -0.25) is 4.79 Å². The fourth-order valence-electron chi connectivity index (χ4n) is 3.20. The van der Waals surface area contributed by atoms with Gasteiger partial charge in [0.2, 0.25) is 0 Å². The number of benzene rings is 3. The number of alkyl halides is 3. The molecule has 1 amide bonds. The Bertz CT molecular complexity index is 1110. The molecule has 30 heavy (non-hydrogen) atoms. The monoisotopic (exact) mass is 493 g/mol. The highest BCUT2D eigenvalue weighted by molar-refractivity contribution is 6.30. The van der Waals surface area contributed by atoms with E-state index in [0.717, 1.165) is 17.7 Å². The van der Waals surface area contributed by atoms with Gasteiger partial charge in [0.15, 0.2) is 0 Å². The molecule has 0 aromatic heterocycles. The fraction of sp³-hybridized carbons (Fsp3) is 0.0909. The Morgan fingerprint density at radius 3 is 2.37 bits per heavy atom. The average molecular weight is 495 g/mol. The number of hydrogen-bond donors (Lipinski definition) is 0. The first-order valence-corrected chi connectivity index (χ1v) is 9.12. The van der Waals surface area contributed by atoms with Crippen LogP contribution in [0.2, 0.25) is 5.02 Å². The first-order chi connectivity index (χ1) is 13.8. The maximum Gasteiger partial charge on any atom is 0.416 e. The van der Waals surface area contributed by atoms with Crippen LogP contribution in [-0.2, 0) is 12.7 Å². The minimum Gasteiger partial charge on any atom is -1.00 e. The van der Waals surface area contributed by atoms with Crippen molar-refractivity contribution in [3.63, 3.8) is 0 Å². The van der Waals surface area contributed by atoms with Gasteiger partial charge in [-0.15, -0.1) is 0 Å². The largest absolute Gasteiger partial charge is 1.00 e. The normalized spacial score (nSPS) is 14.4. The lowest BCUT2D eigenvalue weighted by atomic mass is 10.1. The van der Waals surface area contributed by atoms with Crippen LogP contribution in [0.25, 0.3) is 0 Å². The number of anilines is 1. The first-order valence-electron chi connectivity index (χ1n) is 8.74. The van der Waals surface area contributed by atoms with E-state index in [2.05, 4.69) is 4.99 Å². The number of hydrogen-bond acceptors (Lipinski definition) is 1. The highest BCUT2D eigenvalue weighted by Crippen LogP contribution is 2.34. The van der Waals surface area contributed by atoms with Crippen molar-refractivity contribution >= 4 is 29.0 Å². The number of carbonyl (C=O) groups is 1. The molecule has 1 aliphatic heterocycles. The molecule has 1 heterocycles. The lowest BCUT2D eigenvalue weighted by Crippen LogP contribution is -3.00. The minimum atomic E-state index is -4.46. The molecule has 3 nitrogen and oxygen atoms in total. The van der Waals surface area contributed by atoms with Gasteiger partial charge in [-0.25, -0.2) is 0 Å². The van der Waals surface area contributed by atoms with Crippen LogP contribution >= 0.6 is 11.6 Å². The molecule has 0 unspecified atom stereocenters. The van der Waals surface area contributed by atoms with Crippen LogP contribution in [-0.4, -0.2) is 11.7 Å². The van der Waals surface area contributed by atoms with Crippen molar-refractivity contribution in [1.29, 1.82) is 0 Å². The van der Waals surface area contributed by atoms with Gasteiger partial charge in [0.1, 0.15) is 5.84 Å². The van der Waals surface area contributed by atoms with E-state index < -0.39 is 17.6 Å². The summed E-state index contributed by atoms with van der Waals surface area (Å²) in [5, 5.41) is 0.492. The second-order valence-electron chi connectivity index (χ2n) is 6.54. The van der Waals surface area contributed by atoms with Crippen molar-refractivity contribution in [3.8, 4) is 0 Å². The summed E-state index contributed by atoms with van der Waals surface area (Å²) in [7, 11) is 0. The van der Waals surface area contributed by atoms with Gasteiger partial charge in [0.25, 0.3) is 5.91 Å². The fourth-order valence-corrected chi connectivity index (χ4v) is 3.33. The van der Waals surface area contributed by atoms with Crippen LogP contribution in [0, 0.1) is 0 Å². The van der Waals surface area contributed by atoms with Crippen molar-refractivity contribution in [3.05, 3.63) is 100 Å². The Morgan fingerprint density at radius 2 is 1.67 bits per heavy atom. The number of nitrogens with zero attached hydrogens (tertiary/aromatic N) is 2. The second-order valence-corrected chi connectivity index (χ2v) is 6.98. The van der Waals surface area contributed by atoms with E-state index in [4.69, 9.17) is 11.6 Å². The van der Waals surface area contributed by atoms with Crippen molar-refractivity contribution < 1.29 is 34.9 Å². The summed E-state index contributed by atoms with van der Waals surface area (Å²) >= 11 is 5.86. The van der Waals surface area contributed by atoms with Crippen LogP contribution < -0.4 is 21.9 Å². The summed E-state index contributed by atoms with van der Waals surface area (Å²) in [6, 6.07) is 18.6. The number of carbonyl (C=O) groups excluding carboxylic acids is 1. The molecular formula is C22H14BrClF3N2O-. The molecule has 0 spiro atoms. The molecule has 154 valence electrons. The third-order valence-corrected chi connectivity index (χ3v) is 4.88. The molecule has 3 aromatic rings. The zero-order chi connectivity index (χ0) is 20.6. The Kier molecular flexibility index (Phi) is 6.33. The summed E-state index contributed by atoms with van der Waals surface area (Å²) < 4.78 is 39.5. The van der Waals surface area contributed by atoms with E-state index in [1.807, 2.05) is 12.1 Å². The van der Waals surface area contributed by atoms with Crippen molar-refractivity contribution in [2.24, 2.45) is 4.99 Å². The molecule has 0 saturated heterocycles. The van der Waals surface area contributed by atoms with E-state index in [9.17, 15) is 18.0 Å². The molecular weight excluding hydrogens is 481 g/mol. The van der Waals surface area contributed by atoms with Gasteiger partial charge in [0, 0.05) is 21.8 Å². The van der Waals surface area contributed by atoms with Crippen LogP contribution in [0.5, 0.6) is 0 Å². The van der Waals surface area contributed by atoms with Crippen molar-refractivity contribution in [1.82, 2.24) is 0 Å². The number of fused-ring (bicyclic) bond motifs is 1. The SMILES string of the molecule is O=C(N=C1c2ccccc2CN1c1cccc(C(F)(F)F)c1)c1ccc(Cl)cc1.[Br-]. The van der Waals surface area contributed by atoms with Crippen LogP contribution in [0.1, 0.15) is 27.0 Å².